The van der Waals surface area contributed by atoms with Gasteiger partial charge in [0.2, 0.25) is 5.56 Å². The van der Waals surface area contributed by atoms with Crippen molar-refractivity contribution >= 4 is 5.71 Å². The van der Waals surface area contributed by atoms with Gasteiger partial charge in [-0.05, 0) is 63.4 Å². The molecule has 0 saturated carbocycles. The molecular formula is C29H25FN6O2. The number of halogens is 1. The number of benzene rings is 3. The van der Waals surface area contributed by atoms with Crippen molar-refractivity contribution in [2.24, 2.45) is 12.2 Å². The van der Waals surface area contributed by atoms with Crippen molar-refractivity contribution in [2.45, 2.75) is 19.3 Å². The molecule has 8 nitrogen and oxygen atoms in total. The molecule has 0 aliphatic heterocycles. The third kappa shape index (κ3) is 5.12. The Labute approximate surface area is 218 Å². The van der Waals surface area contributed by atoms with Crippen LogP contribution < -0.4 is 5.56 Å². The minimum absolute atomic E-state index is 0.155. The lowest BCUT2D eigenvalue weighted by molar-refractivity contribution is 0.317. The lowest BCUT2D eigenvalue weighted by Crippen LogP contribution is -2.18. The van der Waals surface area contributed by atoms with Crippen molar-refractivity contribution in [1.29, 1.82) is 0 Å². The zero-order valence-electron chi connectivity index (χ0n) is 20.8. The fraction of sp³-hybridized carbons (Fsp3) is 0.138. The fourth-order valence-corrected chi connectivity index (χ4v) is 4.62. The molecule has 5 rings (SSSR count). The van der Waals surface area contributed by atoms with Gasteiger partial charge in [0.1, 0.15) is 5.82 Å². The Hall–Kier alpha value is -4.92. The third-order valence-corrected chi connectivity index (χ3v) is 6.69. The molecule has 0 aliphatic carbocycles. The van der Waals surface area contributed by atoms with E-state index in [1.54, 1.807) is 25.4 Å². The first-order valence-corrected chi connectivity index (χ1v) is 12.0. The van der Waals surface area contributed by atoms with Crippen molar-refractivity contribution < 1.29 is 9.60 Å². The van der Waals surface area contributed by atoms with Crippen molar-refractivity contribution in [3.05, 3.63) is 123 Å². The summed E-state index contributed by atoms with van der Waals surface area (Å²) >= 11 is 0. The van der Waals surface area contributed by atoms with Gasteiger partial charge in [0.25, 0.3) is 0 Å². The second kappa shape index (κ2) is 10.6. The zero-order valence-corrected chi connectivity index (χ0v) is 20.8. The monoisotopic (exact) mass is 508 g/mol. The number of hydrogen-bond acceptors (Lipinski definition) is 6. The van der Waals surface area contributed by atoms with Gasteiger partial charge in [-0.25, -0.2) is 9.49 Å². The number of aryl methyl sites for hydroxylation is 2. The molecule has 0 radical (unpaired) electrons. The van der Waals surface area contributed by atoms with Crippen LogP contribution in [0.1, 0.15) is 34.6 Å². The van der Waals surface area contributed by atoms with E-state index < -0.39 is 0 Å². The van der Waals surface area contributed by atoms with Gasteiger partial charge in [0.15, 0.2) is 5.82 Å². The average Bonchev–Trinajstić information content (AvgIpc) is 3.47. The minimum atomic E-state index is -0.306. The van der Waals surface area contributed by atoms with Gasteiger partial charge in [-0.15, -0.1) is 5.10 Å². The number of rotatable bonds is 7. The third-order valence-electron chi connectivity index (χ3n) is 6.69. The molecule has 2 aromatic heterocycles. The topological polar surface area (TPSA) is 109 Å². The van der Waals surface area contributed by atoms with E-state index in [1.165, 1.54) is 22.8 Å². The van der Waals surface area contributed by atoms with Crippen LogP contribution in [0.5, 0.6) is 0 Å². The molecule has 0 spiro atoms. The Morgan fingerprint density at radius 3 is 2.29 bits per heavy atom. The van der Waals surface area contributed by atoms with Gasteiger partial charge in [-0.1, -0.05) is 59.8 Å². The predicted octanol–water partition coefficient (Wildman–Crippen LogP) is 5.08. The average molecular weight is 509 g/mol. The van der Waals surface area contributed by atoms with E-state index >= 15 is 0 Å². The van der Waals surface area contributed by atoms with Gasteiger partial charge < -0.3 is 9.77 Å². The van der Waals surface area contributed by atoms with Crippen LogP contribution in [0.25, 0.3) is 22.5 Å². The van der Waals surface area contributed by atoms with Crippen LogP contribution in [0, 0.1) is 12.7 Å². The highest BCUT2D eigenvalue weighted by molar-refractivity contribution is 6.00. The Morgan fingerprint density at radius 2 is 1.68 bits per heavy atom. The maximum Gasteiger partial charge on any atom is 0.250 e. The van der Waals surface area contributed by atoms with Crippen molar-refractivity contribution in [2.75, 3.05) is 0 Å². The molecule has 190 valence electrons. The van der Waals surface area contributed by atoms with E-state index in [4.69, 9.17) is 0 Å². The number of nitrogens with zero attached hydrogens (tertiary/aromatic N) is 5. The molecule has 0 aliphatic rings. The summed E-state index contributed by atoms with van der Waals surface area (Å²) in [5.74, 6) is 0.0809. The van der Waals surface area contributed by atoms with Crippen LogP contribution >= 0.6 is 0 Å². The van der Waals surface area contributed by atoms with Gasteiger partial charge >= 0.3 is 0 Å². The van der Waals surface area contributed by atoms with Crippen molar-refractivity contribution in [3.63, 3.8) is 0 Å². The van der Waals surface area contributed by atoms with Crippen LogP contribution in [0.4, 0.5) is 4.39 Å². The largest absolute Gasteiger partial charge is 0.411 e. The Bertz CT molecular complexity index is 1640. The summed E-state index contributed by atoms with van der Waals surface area (Å²) in [4.78, 5) is 11.9. The number of aromatic amines is 1. The lowest BCUT2D eigenvalue weighted by Gasteiger charge is -2.21. The highest BCUT2D eigenvalue weighted by Gasteiger charge is 2.21. The highest BCUT2D eigenvalue weighted by atomic mass is 19.1. The molecule has 0 saturated heterocycles. The van der Waals surface area contributed by atoms with E-state index in [0.717, 1.165) is 33.4 Å². The van der Waals surface area contributed by atoms with E-state index in [0.29, 0.717) is 23.5 Å². The zero-order chi connectivity index (χ0) is 26.6. The van der Waals surface area contributed by atoms with Gasteiger partial charge in [-0.2, -0.15) is 0 Å². The quantitative estimate of drug-likeness (QED) is 0.181. The van der Waals surface area contributed by atoms with Gasteiger partial charge in [0.05, 0.1) is 5.71 Å². The maximum atomic E-state index is 13.9. The molecule has 2 heterocycles. The SMILES string of the molecule is Cc1cc(F)ccc1C(C/C(=N\O)c1ccc(=O)n(C)c1)c1ccc(-c2ccc(-c3nnn[nH]3)cc2)cc1. The summed E-state index contributed by atoms with van der Waals surface area (Å²) in [6.45, 7) is 1.87. The maximum absolute atomic E-state index is 13.9. The Kier molecular flexibility index (Phi) is 6.90. The van der Waals surface area contributed by atoms with E-state index in [-0.39, 0.29) is 17.3 Å². The molecule has 9 heteroatoms. The van der Waals surface area contributed by atoms with E-state index in [1.807, 2.05) is 55.5 Å². The first-order chi connectivity index (χ1) is 18.4. The molecule has 2 N–H and O–H groups in total. The summed E-state index contributed by atoms with van der Waals surface area (Å²) in [5, 5.41) is 27.4. The second-order valence-electron chi connectivity index (χ2n) is 9.12. The molecule has 0 fully saturated rings. The summed E-state index contributed by atoms with van der Waals surface area (Å²) < 4.78 is 15.4. The number of nitrogens with one attached hydrogen (secondary N) is 1. The smallest absolute Gasteiger partial charge is 0.250 e. The summed E-state index contributed by atoms with van der Waals surface area (Å²) in [6, 6.07) is 23.9. The molecule has 1 atom stereocenters. The Balaban J connectivity index is 1.48. The van der Waals surface area contributed by atoms with Gasteiger partial charge in [-0.3, -0.25) is 4.79 Å². The van der Waals surface area contributed by atoms with Gasteiger partial charge in [0, 0.05) is 42.8 Å². The van der Waals surface area contributed by atoms with Crippen LogP contribution in [-0.4, -0.2) is 36.1 Å². The number of oxime groups is 1. The summed E-state index contributed by atoms with van der Waals surface area (Å²) in [7, 11) is 1.65. The number of pyridine rings is 1. The van der Waals surface area contributed by atoms with Crippen molar-refractivity contribution in [3.8, 4) is 22.5 Å². The van der Waals surface area contributed by atoms with E-state index in [9.17, 15) is 14.4 Å². The fourth-order valence-electron chi connectivity index (χ4n) is 4.62. The van der Waals surface area contributed by atoms with E-state index in [2.05, 4.69) is 25.8 Å². The molecule has 38 heavy (non-hydrogen) atoms. The first kappa shape index (κ1) is 24.8. The van der Waals surface area contributed by atoms with Crippen LogP contribution in [-0.2, 0) is 7.05 Å². The van der Waals surface area contributed by atoms with Crippen LogP contribution in [0.3, 0.4) is 0 Å². The van der Waals surface area contributed by atoms with Crippen LogP contribution in [0.2, 0.25) is 0 Å². The molecule has 0 amide bonds. The Morgan fingerprint density at radius 1 is 1.00 bits per heavy atom. The minimum Gasteiger partial charge on any atom is -0.411 e. The normalized spacial score (nSPS) is 12.4. The number of hydrogen-bond donors (Lipinski definition) is 2. The van der Waals surface area contributed by atoms with Crippen molar-refractivity contribution in [1.82, 2.24) is 25.2 Å². The first-order valence-electron chi connectivity index (χ1n) is 12.0. The predicted molar refractivity (Wildman–Crippen MR) is 143 cm³/mol. The molecular weight excluding hydrogens is 483 g/mol. The lowest BCUT2D eigenvalue weighted by atomic mass is 9.83. The number of aromatic nitrogens is 5. The summed E-state index contributed by atoms with van der Waals surface area (Å²) in [6.07, 6.45) is 1.99. The molecule has 3 aromatic carbocycles. The summed E-state index contributed by atoms with van der Waals surface area (Å²) in [5.41, 5.74) is 6.57. The molecule has 1 unspecified atom stereocenters. The number of tetrazole rings is 1. The second-order valence-corrected chi connectivity index (χ2v) is 9.12. The highest BCUT2D eigenvalue weighted by Crippen LogP contribution is 2.34. The standard InChI is InChI=1S/C29H25FN6O2/c1-18-15-24(30)12-13-25(18)26(16-27(33-38)23-11-14-28(37)36(2)17-23)21-7-3-19(4-8-21)20-5-9-22(10-6-20)29-31-34-35-32-29/h3-15,17,26,38H,16H2,1-2H3,(H,31,32,34,35)/b33-27+. The number of H-pyrrole nitrogens is 1. The molecule has 0 bridgehead atoms. The molecule has 5 aromatic rings. The van der Waals surface area contributed by atoms with Crippen LogP contribution in [0.15, 0.2) is 95.0 Å².